The lowest BCUT2D eigenvalue weighted by Gasteiger charge is -2.36. The molecule has 138 valence electrons. The SMILES string of the molecule is O=C(O)CC1(NC(=O)Cn2nnc(-c3ccc(Cl)cc3)n2)CCOCC1. The number of carboxylic acids is 1. The van der Waals surface area contributed by atoms with Gasteiger partial charge in [0.05, 0.1) is 12.0 Å². The van der Waals surface area contributed by atoms with Gasteiger partial charge in [-0.2, -0.15) is 4.80 Å². The quantitative estimate of drug-likeness (QED) is 0.772. The normalized spacial score (nSPS) is 16.2. The number of tetrazole rings is 1. The highest BCUT2D eigenvalue weighted by Gasteiger charge is 2.36. The Kier molecular flexibility index (Phi) is 5.48. The summed E-state index contributed by atoms with van der Waals surface area (Å²) in [6.45, 7) is 0.675. The van der Waals surface area contributed by atoms with Gasteiger partial charge < -0.3 is 15.2 Å². The zero-order valence-corrected chi connectivity index (χ0v) is 14.6. The number of aliphatic carboxylic acids is 1. The highest BCUT2D eigenvalue weighted by Crippen LogP contribution is 2.24. The van der Waals surface area contributed by atoms with Crippen molar-refractivity contribution in [2.75, 3.05) is 13.2 Å². The Labute approximate surface area is 154 Å². The van der Waals surface area contributed by atoms with Crippen LogP contribution in [0.25, 0.3) is 11.4 Å². The number of benzene rings is 1. The molecule has 1 amide bonds. The third kappa shape index (κ3) is 4.55. The molecule has 1 aliphatic rings. The van der Waals surface area contributed by atoms with E-state index in [2.05, 4.69) is 20.7 Å². The van der Waals surface area contributed by atoms with E-state index >= 15 is 0 Å². The second-order valence-corrected chi connectivity index (χ2v) is 6.60. The second kappa shape index (κ2) is 7.79. The average molecular weight is 380 g/mol. The average Bonchev–Trinajstić information content (AvgIpc) is 3.03. The van der Waals surface area contributed by atoms with Gasteiger partial charge >= 0.3 is 5.97 Å². The van der Waals surface area contributed by atoms with Crippen molar-refractivity contribution in [3.8, 4) is 11.4 Å². The Morgan fingerprint density at radius 1 is 1.27 bits per heavy atom. The highest BCUT2D eigenvalue weighted by atomic mass is 35.5. The fourth-order valence-electron chi connectivity index (χ4n) is 2.89. The predicted molar refractivity (Wildman–Crippen MR) is 91.4 cm³/mol. The Morgan fingerprint density at radius 2 is 1.96 bits per heavy atom. The number of amides is 1. The van der Waals surface area contributed by atoms with Crippen LogP contribution in [0.3, 0.4) is 0 Å². The molecule has 0 saturated carbocycles. The zero-order chi connectivity index (χ0) is 18.6. The zero-order valence-electron chi connectivity index (χ0n) is 13.9. The summed E-state index contributed by atoms with van der Waals surface area (Å²) >= 11 is 5.85. The van der Waals surface area contributed by atoms with Crippen molar-refractivity contribution in [1.29, 1.82) is 0 Å². The van der Waals surface area contributed by atoms with Crippen molar-refractivity contribution in [3.05, 3.63) is 29.3 Å². The van der Waals surface area contributed by atoms with Crippen molar-refractivity contribution in [2.24, 2.45) is 0 Å². The van der Waals surface area contributed by atoms with Crippen LogP contribution in [0.4, 0.5) is 0 Å². The molecule has 2 heterocycles. The van der Waals surface area contributed by atoms with Gasteiger partial charge in [0.1, 0.15) is 6.54 Å². The number of carbonyl (C=O) groups excluding carboxylic acids is 1. The maximum absolute atomic E-state index is 12.4. The summed E-state index contributed by atoms with van der Waals surface area (Å²) < 4.78 is 5.27. The van der Waals surface area contributed by atoms with Gasteiger partial charge in [-0.1, -0.05) is 11.6 Å². The maximum atomic E-state index is 12.4. The standard InChI is InChI=1S/C16H18ClN5O4/c17-12-3-1-11(2-4-12)15-19-21-22(20-15)10-13(23)18-16(9-14(24)25)5-7-26-8-6-16/h1-4H,5-10H2,(H,18,23)(H,24,25). The maximum Gasteiger partial charge on any atom is 0.305 e. The number of carboxylic acid groups (broad SMARTS) is 1. The molecule has 1 saturated heterocycles. The van der Waals surface area contributed by atoms with E-state index in [-0.39, 0.29) is 18.9 Å². The molecule has 26 heavy (non-hydrogen) atoms. The van der Waals surface area contributed by atoms with Crippen LogP contribution in [0.1, 0.15) is 19.3 Å². The van der Waals surface area contributed by atoms with Crippen LogP contribution < -0.4 is 5.32 Å². The highest BCUT2D eigenvalue weighted by molar-refractivity contribution is 6.30. The first-order chi connectivity index (χ1) is 12.5. The third-order valence-electron chi connectivity index (χ3n) is 4.18. The predicted octanol–water partition coefficient (Wildman–Crippen LogP) is 1.13. The van der Waals surface area contributed by atoms with Crippen LogP contribution in [0.5, 0.6) is 0 Å². The summed E-state index contributed by atoms with van der Waals surface area (Å²) in [7, 11) is 0. The molecule has 1 aliphatic heterocycles. The van der Waals surface area contributed by atoms with Crippen molar-refractivity contribution >= 4 is 23.5 Å². The Hall–Kier alpha value is -2.52. The van der Waals surface area contributed by atoms with Crippen LogP contribution in [0.15, 0.2) is 24.3 Å². The minimum atomic E-state index is -0.962. The van der Waals surface area contributed by atoms with Gasteiger partial charge in [-0.15, -0.1) is 10.2 Å². The van der Waals surface area contributed by atoms with E-state index in [1.54, 1.807) is 24.3 Å². The first kappa shape index (κ1) is 18.3. The van der Waals surface area contributed by atoms with Gasteiger partial charge in [0.25, 0.3) is 0 Å². The van der Waals surface area contributed by atoms with Crippen LogP contribution in [-0.2, 0) is 20.9 Å². The summed E-state index contributed by atoms with van der Waals surface area (Å²) in [5.74, 6) is -0.954. The van der Waals surface area contributed by atoms with Crippen molar-refractivity contribution in [1.82, 2.24) is 25.5 Å². The van der Waals surface area contributed by atoms with E-state index in [0.717, 1.165) is 5.56 Å². The van der Waals surface area contributed by atoms with Gasteiger partial charge in [-0.3, -0.25) is 9.59 Å². The number of aromatic nitrogens is 4. The minimum Gasteiger partial charge on any atom is -0.481 e. The molecule has 9 nitrogen and oxygen atoms in total. The van der Waals surface area contributed by atoms with E-state index in [4.69, 9.17) is 21.4 Å². The Morgan fingerprint density at radius 3 is 2.62 bits per heavy atom. The van der Waals surface area contributed by atoms with Crippen LogP contribution in [0, 0.1) is 0 Å². The lowest BCUT2D eigenvalue weighted by atomic mass is 9.86. The number of carbonyl (C=O) groups is 2. The van der Waals surface area contributed by atoms with Crippen molar-refractivity contribution in [2.45, 2.75) is 31.3 Å². The number of nitrogens with one attached hydrogen (secondary N) is 1. The van der Waals surface area contributed by atoms with Crippen LogP contribution in [0.2, 0.25) is 5.02 Å². The summed E-state index contributed by atoms with van der Waals surface area (Å²) in [5.41, 5.74) is -0.0753. The molecule has 0 spiro atoms. The minimum absolute atomic E-state index is 0.150. The molecule has 0 radical (unpaired) electrons. The van der Waals surface area contributed by atoms with Gasteiger partial charge in [0, 0.05) is 23.8 Å². The molecule has 2 N–H and O–H groups in total. The molecular formula is C16H18ClN5O4. The van der Waals surface area contributed by atoms with Gasteiger partial charge in [-0.05, 0) is 42.3 Å². The van der Waals surface area contributed by atoms with Crippen molar-refractivity contribution < 1.29 is 19.4 Å². The summed E-state index contributed by atoms with van der Waals surface area (Å²) in [4.78, 5) is 24.7. The first-order valence-corrected chi connectivity index (χ1v) is 8.48. The Bertz CT molecular complexity index is 786. The fourth-order valence-corrected chi connectivity index (χ4v) is 3.01. The molecule has 1 aromatic heterocycles. The molecule has 0 aliphatic carbocycles. The van der Waals surface area contributed by atoms with E-state index in [1.807, 2.05) is 0 Å². The fraction of sp³-hybridized carbons (Fsp3) is 0.438. The number of nitrogens with zero attached hydrogens (tertiary/aromatic N) is 4. The van der Waals surface area contributed by atoms with E-state index < -0.39 is 11.5 Å². The van der Waals surface area contributed by atoms with Gasteiger partial charge in [-0.25, -0.2) is 0 Å². The molecule has 2 aromatic rings. The molecular weight excluding hydrogens is 362 g/mol. The molecule has 0 bridgehead atoms. The first-order valence-electron chi connectivity index (χ1n) is 8.10. The number of rotatable bonds is 6. The van der Waals surface area contributed by atoms with Crippen LogP contribution in [-0.4, -0.2) is 55.9 Å². The number of hydrogen-bond donors (Lipinski definition) is 2. The topological polar surface area (TPSA) is 119 Å². The molecule has 0 unspecified atom stereocenters. The third-order valence-corrected chi connectivity index (χ3v) is 4.44. The van der Waals surface area contributed by atoms with E-state index in [1.165, 1.54) is 4.80 Å². The van der Waals surface area contributed by atoms with Crippen molar-refractivity contribution in [3.63, 3.8) is 0 Å². The Balaban J connectivity index is 1.65. The van der Waals surface area contributed by atoms with Crippen LogP contribution >= 0.6 is 11.6 Å². The summed E-state index contributed by atoms with van der Waals surface area (Å²) in [6.07, 6.45) is 0.751. The lowest BCUT2D eigenvalue weighted by Crippen LogP contribution is -2.54. The number of hydrogen-bond acceptors (Lipinski definition) is 6. The smallest absolute Gasteiger partial charge is 0.305 e. The lowest BCUT2D eigenvalue weighted by molar-refractivity contribution is -0.140. The molecule has 3 rings (SSSR count). The number of ether oxygens (including phenoxy) is 1. The largest absolute Gasteiger partial charge is 0.481 e. The van der Waals surface area contributed by atoms with Gasteiger partial charge in [0.2, 0.25) is 11.7 Å². The van der Waals surface area contributed by atoms with Gasteiger partial charge in [0.15, 0.2) is 0 Å². The molecule has 0 atom stereocenters. The monoisotopic (exact) mass is 379 g/mol. The molecule has 1 aromatic carbocycles. The molecule has 10 heteroatoms. The second-order valence-electron chi connectivity index (χ2n) is 6.16. The van der Waals surface area contributed by atoms with E-state index in [9.17, 15) is 9.59 Å². The van der Waals surface area contributed by atoms with E-state index in [0.29, 0.717) is 36.9 Å². The molecule has 1 fully saturated rings. The number of halogens is 1. The summed E-state index contributed by atoms with van der Waals surface area (Å²) in [6, 6.07) is 6.94. The summed E-state index contributed by atoms with van der Waals surface area (Å²) in [5, 5.41) is 24.5.